The molecule has 0 saturated carbocycles. The first-order chi connectivity index (χ1) is 13.9. The van der Waals surface area contributed by atoms with E-state index in [9.17, 15) is 4.79 Å². The predicted molar refractivity (Wildman–Crippen MR) is 115 cm³/mol. The molecule has 0 aliphatic rings. The topological polar surface area (TPSA) is 83.0 Å². The molecule has 3 rings (SSSR count). The van der Waals surface area contributed by atoms with E-state index in [2.05, 4.69) is 10.1 Å². The van der Waals surface area contributed by atoms with Crippen LogP contribution < -0.4 is 5.56 Å². The lowest BCUT2D eigenvalue weighted by molar-refractivity contribution is 0.140. The first kappa shape index (κ1) is 21.8. The normalized spacial score (nSPS) is 12.8. The Hall–Kier alpha value is -1.90. The van der Waals surface area contributed by atoms with E-state index >= 15 is 0 Å². The molecule has 0 fully saturated rings. The number of ether oxygens (including phenoxy) is 1. The lowest BCUT2D eigenvalue weighted by Gasteiger charge is -2.15. The molecule has 1 aromatic carbocycles. The van der Waals surface area contributed by atoms with Crippen LogP contribution in [0.1, 0.15) is 57.0 Å². The molecule has 0 unspecified atom stereocenters. The summed E-state index contributed by atoms with van der Waals surface area (Å²) < 4.78 is 12.5. The maximum absolute atomic E-state index is 13.1. The highest BCUT2D eigenvalue weighted by Gasteiger charge is 2.21. The van der Waals surface area contributed by atoms with E-state index in [0.717, 1.165) is 0 Å². The average Bonchev–Trinajstić information content (AvgIpc) is 3.17. The highest BCUT2D eigenvalue weighted by atomic mass is 35.5. The van der Waals surface area contributed by atoms with Gasteiger partial charge in [0.15, 0.2) is 11.0 Å². The van der Waals surface area contributed by atoms with E-state index in [-0.39, 0.29) is 16.7 Å². The van der Waals surface area contributed by atoms with Crippen molar-refractivity contribution in [1.82, 2.24) is 19.7 Å². The third kappa shape index (κ3) is 5.18. The van der Waals surface area contributed by atoms with Crippen LogP contribution in [0.2, 0.25) is 5.02 Å². The van der Waals surface area contributed by atoms with Crippen LogP contribution >= 0.6 is 23.4 Å². The zero-order chi connectivity index (χ0) is 21.0. The molecule has 9 heteroatoms. The van der Waals surface area contributed by atoms with E-state index in [1.807, 2.05) is 27.7 Å². The Morgan fingerprint density at radius 2 is 2.07 bits per heavy atom. The van der Waals surface area contributed by atoms with Crippen molar-refractivity contribution in [2.45, 2.75) is 57.0 Å². The van der Waals surface area contributed by atoms with E-state index in [0.29, 0.717) is 59.0 Å². The second-order valence-electron chi connectivity index (χ2n) is 6.97. The van der Waals surface area contributed by atoms with Crippen molar-refractivity contribution in [2.24, 2.45) is 0 Å². The molecule has 7 nitrogen and oxygen atoms in total. The van der Waals surface area contributed by atoms with Crippen molar-refractivity contribution in [1.29, 1.82) is 0 Å². The monoisotopic (exact) mass is 436 g/mol. The molecular formula is C20H25ClN4O3S. The smallest absolute Gasteiger partial charge is 0.262 e. The zero-order valence-corrected chi connectivity index (χ0v) is 18.6. The fraction of sp³-hybridized carbons (Fsp3) is 0.500. The Balaban J connectivity index is 1.95. The Kier molecular flexibility index (Phi) is 7.32. The van der Waals surface area contributed by atoms with Gasteiger partial charge in [0.05, 0.1) is 16.2 Å². The van der Waals surface area contributed by atoms with Gasteiger partial charge in [0.1, 0.15) is 0 Å². The highest BCUT2D eigenvalue weighted by Crippen LogP contribution is 2.33. The van der Waals surface area contributed by atoms with Gasteiger partial charge in [-0.2, -0.15) is 4.98 Å². The summed E-state index contributed by atoms with van der Waals surface area (Å²) in [6, 6.07) is 5.14. The van der Waals surface area contributed by atoms with Gasteiger partial charge in [-0.05, 0) is 38.5 Å². The summed E-state index contributed by atoms with van der Waals surface area (Å²) >= 11 is 7.53. The van der Waals surface area contributed by atoms with Crippen molar-refractivity contribution >= 4 is 34.3 Å². The SMILES string of the molecule is CCOCCCn1c(S[C@@H](C)c2nc(C(C)C)no2)nc2cc(Cl)ccc2c1=O. The summed E-state index contributed by atoms with van der Waals surface area (Å²) in [5.74, 6) is 1.36. The van der Waals surface area contributed by atoms with Gasteiger partial charge in [0.25, 0.3) is 5.56 Å². The first-order valence-electron chi connectivity index (χ1n) is 9.68. The number of aromatic nitrogens is 4. The van der Waals surface area contributed by atoms with Crippen LogP contribution in [0.5, 0.6) is 0 Å². The Labute approximate surface area is 178 Å². The minimum absolute atomic E-state index is 0.0914. The predicted octanol–water partition coefficient (Wildman–Crippen LogP) is 4.84. The molecule has 29 heavy (non-hydrogen) atoms. The van der Waals surface area contributed by atoms with Crippen LogP contribution in [0.4, 0.5) is 0 Å². The van der Waals surface area contributed by atoms with Crippen LogP contribution in [-0.2, 0) is 11.3 Å². The fourth-order valence-electron chi connectivity index (χ4n) is 2.79. The summed E-state index contributed by atoms with van der Waals surface area (Å²) in [5.41, 5.74) is 0.484. The maximum atomic E-state index is 13.1. The summed E-state index contributed by atoms with van der Waals surface area (Å²) in [6.07, 6.45) is 0.717. The second kappa shape index (κ2) is 9.73. The van der Waals surface area contributed by atoms with Crippen molar-refractivity contribution in [3.63, 3.8) is 0 Å². The number of hydrogen-bond acceptors (Lipinski definition) is 7. The fourth-order valence-corrected chi connectivity index (χ4v) is 3.92. The molecule has 156 valence electrons. The van der Waals surface area contributed by atoms with Gasteiger partial charge in [0.2, 0.25) is 5.89 Å². The highest BCUT2D eigenvalue weighted by molar-refractivity contribution is 7.99. The van der Waals surface area contributed by atoms with Crippen LogP contribution in [0, 0.1) is 0 Å². The van der Waals surface area contributed by atoms with Gasteiger partial charge < -0.3 is 9.26 Å². The van der Waals surface area contributed by atoms with Crippen LogP contribution in [-0.4, -0.2) is 32.9 Å². The molecule has 0 amide bonds. The molecule has 0 aliphatic heterocycles. The largest absolute Gasteiger partial charge is 0.382 e. The Bertz CT molecular complexity index is 1030. The van der Waals surface area contributed by atoms with Gasteiger partial charge in [-0.25, -0.2) is 4.98 Å². The lowest BCUT2D eigenvalue weighted by atomic mass is 10.2. The number of rotatable bonds is 9. The van der Waals surface area contributed by atoms with E-state index in [1.54, 1.807) is 22.8 Å². The van der Waals surface area contributed by atoms with E-state index in [4.69, 9.17) is 25.8 Å². The molecule has 0 radical (unpaired) electrons. The number of hydrogen-bond donors (Lipinski definition) is 0. The number of nitrogens with zero attached hydrogens (tertiary/aromatic N) is 4. The molecule has 2 aromatic heterocycles. The third-order valence-electron chi connectivity index (χ3n) is 4.36. The van der Waals surface area contributed by atoms with Gasteiger partial charge in [0, 0.05) is 30.7 Å². The maximum Gasteiger partial charge on any atom is 0.262 e. The average molecular weight is 437 g/mol. The second-order valence-corrected chi connectivity index (χ2v) is 8.71. The molecule has 0 spiro atoms. The summed E-state index contributed by atoms with van der Waals surface area (Å²) in [7, 11) is 0. The molecule has 1 atom stereocenters. The standard InChI is InChI=1S/C20H25ClN4O3S/c1-5-27-10-6-9-25-19(26)15-8-7-14(21)11-16(15)22-20(25)29-13(4)18-23-17(12(2)3)24-28-18/h7-8,11-13H,5-6,9-10H2,1-4H3/t13-/m0/s1. The molecule has 2 heterocycles. The molecule has 0 saturated heterocycles. The Morgan fingerprint density at radius 1 is 1.28 bits per heavy atom. The minimum Gasteiger partial charge on any atom is -0.382 e. The van der Waals surface area contributed by atoms with Gasteiger partial charge in [-0.15, -0.1) is 0 Å². The van der Waals surface area contributed by atoms with Crippen molar-refractivity contribution in [3.05, 3.63) is 45.3 Å². The van der Waals surface area contributed by atoms with Gasteiger partial charge in [-0.1, -0.05) is 42.4 Å². The van der Waals surface area contributed by atoms with Crippen LogP contribution in [0.25, 0.3) is 10.9 Å². The molecule has 0 bridgehead atoms. The first-order valence-corrected chi connectivity index (χ1v) is 10.9. The number of fused-ring (bicyclic) bond motifs is 1. The lowest BCUT2D eigenvalue weighted by Crippen LogP contribution is -2.24. The number of thioether (sulfide) groups is 1. The Morgan fingerprint density at radius 3 is 2.76 bits per heavy atom. The summed E-state index contributed by atoms with van der Waals surface area (Å²) in [4.78, 5) is 22.3. The minimum atomic E-state index is -0.156. The van der Waals surface area contributed by atoms with Crippen LogP contribution in [0.3, 0.4) is 0 Å². The summed E-state index contributed by atoms with van der Waals surface area (Å²) in [6.45, 7) is 9.68. The van der Waals surface area contributed by atoms with Crippen molar-refractivity contribution < 1.29 is 9.26 Å². The van der Waals surface area contributed by atoms with Crippen molar-refractivity contribution in [2.75, 3.05) is 13.2 Å². The molecular weight excluding hydrogens is 412 g/mol. The van der Waals surface area contributed by atoms with Gasteiger partial charge >= 0.3 is 0 Å². The number of benzene rings is 1. The molecule has 3 aromatic rings. The van der Waals surface area contributed by atoms with Crippen LogP contribution in [0.15, 0.2) is 32.7 Å². The third-order valence-corrected chi connectivity index (χ3v) is 5.67. The molecule has 0 N–H and O–H groups in total. The van der Waals surface area contributed by atoms with E-state index in [1.165, 1.54) is 11.8 Å². The zero-order valence-electron chi connectivity index (χ0n) is 17.0. The summed E-state index contributed by atoms with van der Waals surface area (Å²) in [5, 5.41) is 5.55. The van der Waals surface area contributed by atoms with E-state index < -0.39 is 0 Å². The number of halogens is 1. The quantitative estimate of drug-likeness (QED) is 0.269. The van der Waals surface area contributed by atoms with Crippen molar-refractivity contribution in [3.8, 4) is 0 Å². The van der Waals surface area contributed by atoms with Gasteiger partial charge in [-0.3, -0.25) is 9.36 Å². The molecule has 0 aliphatic carbocycles.